The molecule has 4 heteroatoms. The number of nitrogens with zero attached hydrogens (tertiary/aromatic N) is 1. The molecule has 0 rings (SSSR count). The van der Waals surface area contributed by atoms with Crippen LogP contribution in [0.1, 0.15) is 33.6 Å². The Balaban J connectivity index is 4.51. The van der Waals surface area contributed by atoms with Crippen molar-refractivity contribution >= 4 is 5.91 Å². The van der Waals surface area contributed by atoms with Gasteiger partial charge in [-0.15, -0.1) is 0 Å². The highest BCUT2D eigenvalue weighted by Crippen LogP contribution is 2.25. The molecule has 0 spiro atoms. The van der Waals surface area contributed by atoms with Crippen molar-refractivity contribution in [2.24, 2.45) is 11.7 Å². The van der Waals surface area contributed by atoms with Gasteiger partial charge in [0.05, 0.1) is 6.73 Å². The number of amides is 1. The second-order valence-electron chi connectivity index (χ2n) is 4.51. The summed E-state index contributed by atoms with van der Waals surface area (Å²) in [5.74, 6) is -0.245. The maximum absolute atomic E-state index is 11.4. The standard InChI is InChI=1S/C11H24N2O2/c1-6-7-9(2)11(3,10(12)14)15-8-13(4)5/h9H,6-8H2,1-5H3,(H2,12,14). The van der Waals surface area contributed by atoms with E-state index in [1.165, 1.54) is 0 Å². The van der Waals surface area contributed by atoms with Gasteiger partial charge in [-0.2, -0.15) is 0 Å². The van der Waals surface area contributed by atoms with E-state index in [4.69, 9.17) is 10.5 Å². The third-order valence-electron chi connectivity index (χ3n) is 2.77. The van der Waals surface area contributed by atoms with Gasteiger partial charge in [0.2, 0.25) is 5.91 Å². The highest BCUT2D eigenvalue weighted by atomic mass is 16.5. The third kappa shape index (κ3) is 4.18. The van der Waals surface area contributed by atoms with Crippen molar-refractivity contribution in [2.75, 3.05) is 20.8 Å². The highest BCUT2D eigenvalue weighted by molar-refractivity contribution is 5.83. The molecule has 90 valence electrons. The van der Waals surface area contributed by atoms with Crippen LogP contribution in [0.5, 0.6) is 0 Å². The molecule has 0 aromatic carbocycles. The minimum atomic E-state index is -0.861. The number of carbonyl (C=O) groups is 1. The summed E-state index contributed by atoms with van der Waals surface area (Å²) in [5.41, 5.74) is 4.55. The van der Waals surface area contributed by atoms with Gasteiger partial charge in [-0.1, -0.05) is 20.3 Å². The molecule has 0 aromatic heterocycles. The molecule has 1 amide bonds. The van der Waals surface area contributed by atoms with Gasteiger partial charge < -0.3 is 10.5 Å². The van der Waals surface area contributed by atoms with Crippen LogP contribution in [0.15, 0.2) is 0 Å². The SMILES string of the molecule is CCCC(C)C(C)(OCN(C)C)C(N)=O. The highest BCUT2D eigenvalue weighted by Gasteiger charge is 2.37. The molecule has 2 N–H and O–H groups in total. The van der Waals surface area contributed by atoms with Crippen LogP contribution >= 0.6 is 0 Å². The molecule has 4 nitrogen and oxygen atoms in total. The molecule has 0 aliphatic rings. The lowest BCUT2D eigenvalue weighted by Gasteiger charge is -2.33. The van der Waals surface area contributed by atoms with E-state index in [1.807, 2.05) is 25.9 Å². The van der Waals surface area contributed by atoms with E-state index in [0.717, 1.165) is 12.8 Å². The van der Waals surface area contributed by atoms with E-state index >= 15 is 0 Å². The summed E-state index contributed by atoms with van der Waals surface area (Å²) < 4.78 is 5.62. The van der Waals surface area contributed by atoms with Crippen LogP contribution in [-0.2, 0) is 9.53 Å². The molecule has 0 saturated heterocycles. The van der Waals surface area contributed by atoms with E-state index in [0.29, 0.717) is 6.73 Å². The van der Waals surface area contributed by atoms with Gasteiger partial charge in [0, 0.05) is 0 Å². The van der Waals surface area contributed by atoms with Crippen molar-refractivity contribution in [1.29, 1.82) is 0 Å². The summed E-state index contributed by atoms with van der Waals surface area (Å²) in [4.78, 5) is 13.3. The van der Waals surface area contributed by atoms with Gasteiger partial charge in [-0.05, 0) is 33.4 Å². The fourth-order valence-corrected chi connectivity index (χ4v) is 1.43. The maximum atomic E-state index is 11.4. The zero-order valence-corrected chi connectivity index (χ0v) is 10.5. The molecule has 0 fully saturated rings. The largest absolute Gasteiger partial charge is 0.367 e. The number of hydrogen-bond donors (Lipinski definition) is 1. The van der Waals surface area contributed by atoms with E-state index in [2.05, 4.69) is 6.92 Å². The Morgan fingerprint density at radius 1 is 1.53 bits per heavy atom. The molecule has 2 unspecified atom stereocenters. The summed E-state index contributed by atoms with van der Waals surface area (Å²) in [6.07, 6.45) is 1.96. The summed E-state index contributed by atoms with van der Waals surface area (Å²) in [6, 6.07) is 0. The number of ether oxygens (including phenoxy) is 1. The monoisotopic (exact) mass is 216 g/mol. The molecule has 0 heterocycles. The van der Waals surface area contributed by atoms with Crippen molar-refractivity contribution in [2.45, 2.75) is 39.2 Å². The predicted molar refractivity (Wildman–Crippen MR) is 61.3 cm³/mol. The van der Waals surface area contributed by atoms with Crippen LogP contribution in [0.25, 0.3) is 0 Å². The topological polar surface area (TPSA) is 55.6 Å². The molecule has 0 saturated carbocycles. The van der Waals surface area contributed by atoms with Crippen molar-refractivity contribution in [3.05, 3.63) is 0 Å². The van der Waals surface area contributed by atoms with Crippen molar-refractivity contribution in [3.8, 4) is 0 Å². The molecule has 2 atom stereocenters. The van der Waals surface area contributed by atoms with Gasteiger partial charge >= 0.3 is 0 Å². The first-order chi connectivity index (χ1) is 6.84. The smallest absolute Gasteiger partial charge is 0.249 e. The van der Waals surface area contributed by atoms with Gasteiger partial charge in [0.25, 0.3) is 0 Å². The fraction of sp³-hybridized carbons (Fsp3) is 0.909. The minimum Gasteiger partial charge on any atom is -0.367 e. The van der Waals surface area contributed by atoms with Crippen LogP contribution in [0, 0.1) is 5.92 Å². The number of rotatable bonds is 7. The lowest BCUT2D eigenvalue weighted by molar-refractivity contribution is -0.155. The summed E-state index contributed by atoms with van der Waals surface area (Å²) >= 11 is 0. The minimum absolute atomic E-state index is 0.139. The molecule has 15 heavy (non-hydrogen) atoms. The summed E-state index contributed by atoms with van der Waals surface area (Å²) in [6.45, 7) is 6.28. The first-order valence-corrected chi connectivity index (χ1v) is 5.43. The van der Waals surface area contributed by atoms with Crippen molar-refractivity contribution < 1.29 is 9.53 Å². The zero-order valence-electron chi connectivity index (χ0n) is 10.5. The van der Waals surface area contributed by atoms with Crippen LogP contribution < -0.4 is 5.73 Å². The lowest BCUT2D eigenvalue weighted by atomic mass is 9.86. The summed E-state index contributed by atoms with van der Waals surface area (Å²) in [7, 11) is 3.79. The molecular weight excluding hydrogens is 192 g/mol. The van der Waals surface area contributed by atoms with Crippen molar-refractivity contribution in [1.82, 2.24) is 4.90 Å². The average Bonchev–Trinajstić information content (AvgIpc) is 2.14. The van der Waals surface area contributed by atoms with Crippen LogP contribution in [0.3, 0.4) is 0 Å². The van der Waals surface area contributed by atoms with Gasteiger partial charge in [0.15, 0.2) is 0 Å². The fourth-order valence-electron chi connectivity index (χ4n) is 1.43. The first kappa shape index (κ1) is 14.4. The van der Waals surface area contributed by atoms with E-state index in [-0.39, 0.29) is 11.8 Å². The Hall–Kier alpha value is -0.610. The molecule has 0 radical (unpaired) electrons. The molecule has 0 bridgehead atoms. The molecule has 0 aliphatic heterocycles. The average molecular weight is 216 g/mol. The Kier molecular flexibility index (Phi) is 5.83. The van der Waals surface area contributed by atoms with Crippen LogP contribution in [0.2, 0.25) is 0 Å². The predicted octanol–water partition coefficient (Wildman–Crippen LogP) is 1.20. The second kappa shape index (κ2) is 6.08. The third-order valence-corrected chi connectivity index (χ3v) is 2.77. The van der Waals surface area contributed by atoms with E-state index in [9.17, 15) is 4.79 Å². The Morgan fingerprint density at radius 3 is 2.40 bits per heavy atom. The van der Waals surface area contributed by atoms with E-state index in [1.54, 1.807) is 6.92 Å². The summed E-state index contributed by atoms with van der Waals surface area (Å²) in [5, 5.41) is 0. The van der Waals surface area contributed by atoms with Crippen LogP contribution in [0.4, 0.5) is 0 Å². The zero-order chi connectivity index (χ0) is 12.1. The van der Waals surface area contributed by atoms with Gasteiger partial charge in [-0.25, -0.2) is 0 Å². The van der Waals surface area contributed by atoms with Gasteiger partial charge in [0.1, 0.15) is 5.60 Å². The molecule has 0 aliphatic carbocycles. The first-order valence-electron chi connectivity index (χ1n) is 5.43. The van der Waals surface area contributed by atoms with E-state index < -0.39 is 5.60 Å². The number of carbonyl (C=O) groups excluding carboxylic acids is 1. The lowest BCUT2D eigenvalue weighted by Crippen LogP contribution is -2.50. The molecular formula is C11H24N2O2. The molecule has 0 aromatic rings. The normalized spacial score (nSPS) is 17.5. The Morgan fingerprint density at radius 2 is 2.07 bits per heavy atom. The maximum Gasteiger partial charge on any atom is 0.249 e. The quantitative estimate of drug-likeness (QED) is 0.651. The number of hydrogen-bond acceptors (Lipinski definition) is 3. The van der Waals surface area contributed by atoms with Crippen molar-refractivity contribution in [3.63, 3.8) is 0 Å². The Labute approximate surface area is 92.8 Å². The number of nitrogens with two attached hydrogens (primary N) is 1. The van der Waals surface area contributed by atoms with Gasteiger partial charge in [-0.3, -0.25) is 9.69 Å². The number of primary amides is 1. The van der Waals surface area contributed by atoms with Crippen LogP contribution in [-0.4, -0.2) is 37.2 Å². The Bertz CT molecular complexity index is 207. The second-order valence-corrected chi connectivity index (χ2v) is 4.51.